The van der Waals surface area contributed by atoms with Crippen molar-refractivity contribution in [3.8, 4) is 5.75 Å². The van der Waals surface area contributed by atoms with Crippen molar-refractivity contribution >= 4 is 33.2 Å². The molecule has 1 N–H and O–H groups in total. The van der Waals surface area contributed by atoms with Crippen LogP contribution in [0.3, 0.4) is 0 Å². The first-order chi connectivity index (χ1) is 23.8. The van der Waals surface area contributed by atoms with Crippen LogP contribution in [-0.2, 0) is 32.3 Å². The van der Waals surface area contributed by atoms with Crippen LogP contribution in [0.15, 0.2) is 36.4 Å². The summed E-state index contributed by atoms with van der Waals surface area (Å²) in [4.78, 5) is 18.1. The second-order valence-corrected chi connectivity index (χ2v) is 18.2. The summed E-state index contributed by atoms with van der Waals surface area (Å²) in [5, 5.41) is 0.0297. The smallest absolute Gasteiger partial charge is 0.264 e. The van der Waals surface area contributed by atoms with Crippen molar-refractivity contribution in [1.82, 2.24) is 9.62 Å². The van der Waals surface area contributed by atoms with Crippen molar-refractivity contribution in [2.45, 2.75) is 95.6 Å². The van der Waals surface area contributed by atoms with E-state index < -0.39 is 21.2 Å². The Bertz CT molecular complexity index is 1610. The number of anilines is 1. The minimum absolute atomic E-state index is 0.127. The lowest BCUT2D eigenvalue weighted by Crippen LogP contribution is -2.57. The molecule has 0 aromatic heterocycles. The second-order valence-electron chi connectivity index (χ2n) is 15.7. The van der Waals surface area contributed by atoms with E-state index in [4.69, 9.17) is 25.8 Å². The fourth-order valence-corrected chi connectivity index (χ4v) is 9.64. The predicted molar refractivity (Wildman–Crippen MR) is 199 cm³/mol. The fraction of sp³-hybridized carbons (Fsp3) is 0.667. The molecule has 5 atom stereocenters. The third-order valence-electron chi connectivity index (χ3n) is 12.2. The van der Waals surface area contributed by atoms with Gasteiger partial charge in [-0.05, 0) is 132 Å². The highest BCUT2D eigenvalue weighted by atomic mass is 35.5. The van der Waals surface area contributed by atoms with Crippen molar-refractivity contribution < 1.29 is 27.4 Å². The van der Waals surface area contributed by atoms with E-state index in [1.807, 2.05) is 25.1 Å². The molecule has 4 aliphatic rings. The molecule has 2 aromatic carbocycles. The maximum absolute atomic E-state index is 13.5. The van der Waals surface area contributed by atoms with E-state index in [1.165, 1.54) is 11.1 Å². The summed E-state index contributed by atoms with van der Waals surface area (Å²) in [5.74, 6) is 1.03. The number of rotatable bonds is 2. The molecule has 276 valence electrons. The molecule has 0 spiro atoms. The van der Waals surface area contributed by atoms with Gasteiger partial charge in [0.05, 0.1) is 36.3 Å². The maximum atomic E-state index is 13.5. The van der Waals surface area contributed by atoms with E-state index in [0.29, 0.717) is 43.0 Å². The number of benzene rings is 2. The standard InChI is InChI=1S/C39H56ClN3O6S/c1-26-9-8-11-34(38-48-24-39(3,25-49-38)42(4)5)33-16-13-31(33)23-43-19-7-6-10-29-21-32(40)15-12-28(29)18-20-47-36-17-14-30(22-35(36)43)37(44)41-50(45,46)27(26)2/h12,14-15,17,21-22,26-27,31,33-34,38H,6-11,13,16,18-20,23-25H2,1-5H3,(H,41,44)/t26-,27+,31-,33+,34+,38?,39?/m0/s1. The number of likely N-dealkylation sites (N-methyl/N-ethyl adjacent to an activating group) is 1. The van der Waals surface area contributed by atoms with Crippen LogP contribution in [0.4, 0.5) is 5.69 Å². The first kappa shape index (κ1) is 37.4. The lowest BCUT2D eigenvalue weighted by Gasteiger charge is -2.50. The first-order valence-corrected chi connectivity index (χ1v) is 20.5. The van der Waals surface area contributed by atoms with E-state index in [0.717, 1.165) is 81.6 Å². The molecule has 1 amide bonds. The number of sulfonamides is 1. The molecule has 3 aliphatic heterocycles. The number of carbonyl (C=O) groups excluding carboxylic acids is 1. The van der Waals surface area contributed by atoms with Crippen molar-refractivity contribution in [2.24, 2.45) is 23.7 Å². The zero-order valence-corrected chi connectivity index (χ0v) is 32.0. The molecule has 6 rings (SSSR count). The average Bonchev–Trinajstić information content (AvgIpc) is 3.06. The van der Waals surface area contributed by atoms with Gasteiger partial charge in [0.25, 0.3) is 5.91 Å². The van der Waals surface area contributed by atoms with Gasteiger partial charge in [0, 0.05) is 36.0 Å². The number of carbonyl (C=O) groups is 1. The quantitative estimate of drug-likeness (QED) is 0.365. The molecule has 1 aliphatic carbocycles. The number of ether oxygens (including phenoxy) is 3. The topological polar surface area (TPSA) is 97.4 Å². The van der Waals surface area contributed by atoms with Crippen LogP contribution in [0.1, 0.15) is 87.2 Å². The summed E-state index contributed by atoms with van der Waals surface area (Å²) in [5.41, 5.74) is 3.49. The molecular weight excluding hydrogens is 674 g/mol. The van der Waals surface area contributed by atoms with E-state index in [9.17, 15) is 13.2 Å². The average molecular weight is 730 g/mol. The van der Waals surface area contributed by atoms with E-state index >= 15 is 0 Å². The Morgan fingerprint density at radius 2 is 1.70 bits per heavy atom. The Morgan fingerprint density at radius 1 is 0.920 bits per heavy atom. The van der Waals surface area contributed by atoms with Crippen molar-refractivity contribution in [1.29, 1.82) is 0 Å². The van der Waals surface area contributed by atoms with Gasteiger partial charge < -0.3 is 19.1 Å². The molecule has 1 saturated heterocycles. The number of fused-ring (bicyclic) bond motifs is 3. The number of hydrogen-bond acceptors (Lipinski definition) is 8. The second kappa shape index (κ2) is 15.7. The minimum atomic E-state index is -3.91. The molecule has 2 aromatic rings. The third-order valence-corrected chi connectivity index (χ3v) is 14.4. The molecular formula is C39H56ClN3O6S. The molecule has 1 saturated carbocycles. The summed E-state index contributed by atoms with van der Waals surface area (Å²) in [6.07, 6.45) is 8.07. The summed E-state index contributed by atoms with van der Waals surface area (Å²) in [7, 11) is 0.230. The van der Waals surface area contributed by atoms with Crippen LogP contribution in [0.2, 0.25) is 5.02 Å². The van der Waals surface area contributed by atoms with Gasteiger partial charge in [0.15, 0.2) is 6.29 Å². The third kappa shape index (κ3) is 8.30. The van der Waals surface area contributed by atoms with Gasteiger partial charge in [-0.25, -0.2) is 13.1 Å². The van der Waals surface area contributed by atoms with Crippen molar-refractivity contribution in [3.63, 3.8) is 0 Å². The van der Waals surface area contributed by atoms with Crippen molar-refractivity contribution in [2.75, 3.05) is 51.9 Å². The van der Waals surface area contributed by atoms with Crippen LogP contribution >= 0.6 is 11.6 Å². The van der Waals surface area contributed by atoms with Crippen LogP contribution in [0, 0.1) is 23.7 Å². The maximum Gasteiger partial charge on any atom is 0.264 e. The van der Waals surface area contributed by atoms with Gasteiger partial charge in [-0.3, -0.25) is 9.69 Å². The lowest BCUT2D eigenvalue weighted by atomic mass is 9.65. The first-order valence-electron chi connectivity index (χ1n) is 18.6. The summed E-state index contributed by atoms with van der Waals surface area (Å²) >= 11 is 6.40. The Hall–Kier alpha value is -2.37. The zero-order chi connectivity index (χ0) is 35.6. The van der Waals surface area contributed by atoms with Gasteiger partial charge in [0.1, 0.15) is 5.75 Å². The molecule has 50 heavy (non-hydrogen) atoms. The highest BCUT2D eigenvalue weighted by Gasteiger charge is 2.45. The SMILES string of the molecule is C[C@@H]1[C@@H](C)CCC[C@@H](C2OCC(C)(N(C)C)CO2)[C@@H]2CC[C@H]2CN2CCCCc3cc(Cl)ccc3CCOc3ccc(cc32)C(=O)NS1(=O)=O. The van der Waals surface area contributed by atoms with E-state index in [-0.39, 0.29) is 23.7 Å². The van der Waals surface area contributed by atoms with Crippen LogP contribution in [0.25, 0.3) is 0 Å². The lowest BCUT2D eigenvalue weighted by molar-refractivity contribution is -0.260. The minimum Gasteiger partial charge on any atom is -0.491 e. The molecule has 11 heteroatoms. The number of halogens is 1. The summed E-state index contributed by atoms with van der Waals surface area (Å²) in [6, 6.07) is 11.5. The number of nitrogens with one attached hydrogen (secondary N) is 1. The highest BCUT2D eigenvalue weighted by Crippen LogP contribution is 2.46. The van der Waals surface area contributed by atoms with Gasteiger partial charge in [-0.2, -0.15) is 0 Å². The number of nitrogens with zero attached hydrogens (tertiary/aromatic N) is 2. The Labute approximate surface area is 304 Å². The van der Waals surface area contributed by atoms with Crippen LogP contribution < -0.4 is 14.4 Å². The van der Waals surface area contributed by atoms with Crippen molar-refractivity contribution in [3.05, 3.63) is 58.1 Å². The van der Waals surface area contributed by atoms with E-state index in [1.54, 1.807) is 13.0 Å². The van der Waals surface area contributed by atoms with Gasteiger partial charge in [0.2, 0.25) is 10.0 Å². The monoisotopic (exact) mass is 729 g/mol. The molecule has 9 nitrogen and oxygen atoms in total. The predicted octanol–water partition coefficient (Wildman–Crippen LogP) is 6.71. The summed E-state index contributed by atoms with van der Waals surface area (Å²) in [6.45, 7) is 9.15. The molecule has 2 bridgehead atoms. The number of aryl methyl sites for hydroxylation is 1. The van der Waals surface area contributed by atoms with E-state index in [2.05, 4.69) is 47.7 Å². The Balaban J connectivity index is 1.34. The number of amides is 1. The molecule has 3 heterocycles. The largest absolute Gasteiger partial charge is 0.491 e. The van der Waals surface area contributed by atoms with Crippen LogP contribution in [0.5, 0.6) is 5.75 Å². The highest BCUT2D eigenvalue weighted by molar-refractivity contribution is 7.90. The molecule has 0 unspecified atom stereocenters. The Morgan fingerprint density at radius 3 is 2.42 bits per heavy atom. The van der Waals surface area contributed by atoms with Gasteiger partial charge >= 0.3 is 0 Å². The Kier molecular flexibility index (Phi) is 11.7. The van der Waals surface area contributed by atoms with Gasteiger partial charge in [-0.15, -0.1) is 0 Å². The summed E-state index contributed by atoms with van der Waals surface area (Å²) < 4.78 is 49.0. The molecule has 2 fully saturated rings. The zero-order valence-electron chi connectivity index (χ0n) is 30.5. The fourth-order valence-electron chi connectivity index (χ4n) is 8.13. The van der Waals surface area contributed by atoms with Gasteiger partial charge in [-0.1, -0.05) is 31.0 Å². The number of hydrogen-bond donors (Lipinski definition) is 1. The van der Waals surface area contributed by atoms with Crippen LogP contribution in [-0.4, -0.2) is 83.3 Å². The molecule has 0 radical (unpaired) electrons. The normalized spacial score (nSPS) is 32.6.